The fraction of sp³-hybridized carbons (Fsp3) is 0.227. The number of para-hydroxylation sites is 1. The minimum absolute atomic E-state index is 0.0145. The van der Waals surface area contributed by atoms with Crippen LogP contribution in [0.25, 0.3) is 5.69 Å². The molecule has 0 aliphatic carbocycles. The molecule has 8 heteroatoms. The molecule has 0 bridgehead atoms. The van der Waals surface area contributed by atoms with Crippen LogP contribution in [0.2, 0.25) is 5.02 Å². The molecule has 0 aliphatic rings. The Morgan fingerprint density at radius 2 is 1.90 bits per heavy atom. The maximum atomic E-state index is 13.1. The minimum atomic E-state index is -1.05. The summed E-state index contributed by atoms with van der Waals surface area (Å²) in [7, 11) is 0. The average Bonchev–Trinajstić information content (AvgIpc) is 2.98. The molecule has 0 fully saturated rings. The number of aryl methyl sites for hydroxylation is 1. The highest BCUT2D eigenvalue weighted by molar-refractivity contribution is 6.33. The van der Waals surface area contributed by atoms with Crippen LogP contribution in [0.3, 0.4) is 0 Å². The highest BCUT2D eigenvalue weighted by Crippen LogP contribution is 2.23. The van der Waals surface area contributed by atoms with E-state index in [1.54, 1.807) is 4.68 Å². The van der Waals surface area contributed by atoms with E-state index in [1.165, 1.54) is 19.1 Å². The van der Waals surface area contributed by atoms with E-state index in [4.69, 9.17) is 16.3 Å². The maximum Gasteiger partial charge on any atom is 0.311 e. The predicted octanol–water partition coefficient (Wildman–Crippen LogP) is 4.39. The first-order valence-corrected chi connectivity index (χ1v) is 9.70. The van der Waals surface area contributed by atoms with Gasteiger partial charge in [-0.1, -0.05) is 29.8 Å². The lowest BCUT2D eigenvalue weighted by atomic mass is 10.1. The van der Waals surface area contributed by atoms with Gasteiger partial charge in [0.2, 0.25) is 0 Å². The van der Waals surface area contributed by atoms with Crippen LogP contribution in [-0.2, 0) is 20.7 Å². The van der Waals surface area contributed by atoms with Crippen molar-refractivity contribution in [3.05, 3.63) is 76.3 Å². The molecule has 0 spiro atoms. The lowest BCUT2D eigenvalue weighted by Crippen LogP contribution is -2.30. The molecule has 2 aromatic carbocycles. The average molecular weight is 430 g/mol. The van der Waals surface area contributed by atoms with Crippen molar-refractivity contribution in [3.8, 4) is 5.69 Å². The Labute approximate surface area is 178 Å². The molecule has 0 saturated carbocycles. The summed E-state index contributed by atoms with van der Waals surface area (Å²) in [6.07, 6.45) is -1.07. The number of ether oxygens (including phenoxy) is 1. The first-order valence-electron chi connectivity index (χ1n) is 9.32. The molecule has 0 saturated heterocycles. The van der Waals surface area contributed by atoms with Gasteiger partial charge in [-0.15, -0.1) is 0 Å². The number of carbonyl (C=O) groups excluding carboxylic acids is 2. The summed E-state index contributed by atoms with van der Waals surface area (Å²) in [5, 5.41) is 7.09. The van der Waals surface area contributed by atoms with Crippen LogP contribution in [0, 0.1) is 19.7 Å². The number of hydrogen-bond donors (Lipinski definition) is 1. The fourth-order valence-corrected chi connectivity index (χ4v) is 3.23. The molecule has 0 radical (unpaired) electrons. The Kier molecular flexibility index (Phi) is 6.52. The van der Waals surface area contributed by atoms with Crippen LogP contribution in [0.15, 0.2) is 48.5 Å². The zero-order chi connectivity index (χ0) is 21.8. The van der Waals surface area contributed by atoms with E-state index in [1.807, 2.05) is 44.2 Å². The molecule has 1 heterocycles. The molecular weight excluding hydrogens is 409 g/mol. The van der Waals surface area contributed by atoms with Crippen molar-refractivity contribution >= 4 is 29.2 Å². The smallest absolute Gasteiger partial charge is 0.311 e. The topological polar surface area (TPSA) is 73.2 Å². The van der Waals surface area contributed by atoms with Crippen molar-refractivity contribution in [1.82, 2.24) is 9.78 Å². The van der Waals surface area contributed by atoms with Crippen molar-refractivity contribution < 1.29 is 18.7 Å². The number of benzene rings is 2. The second-order valence-electron chi connectivity index (χ2n) is 6.82. The number of rotatable bonds is 6. The molecule has 3 rings (SSSR count). The Bertz CT molecular complexity index is 1080. The third kappa shape index (κ3) is 4.86. The summed E-state index contributed by atoms with van der Waals surface area (Å²) in [6.45, 7) is 5.15. The number of hydrogen-bond acceptors (Lipinski definition) is 4. The minimum Gasteiger partial charge on any atom is -0.452 e. The zero-order valence-corrected chi connectivity index (χ0v) is 17.5. The molecule has 1 amide bonds. The van der Waals surface area contributed by atoms with Gasteiger partial charge in [0.05, 0.1) is 28.5 Å². The van der Waals surface area contributed by atoms with E-state index in [2.05, 4.69) is 10.4 Å². The molecule has 1 unspecified atom stereocenters. The first-order chi connectivity index (χ1) is 14.3. The summed E-state index contributed by atoms with van der Waals surface area (Å²) in [5.74, 6) is -1.63. The van der Waals surface area contributed by atoms with E-state index in [9.17, 15) is 14.0 Å². The van der Waals surface area contributed by atoms with E-state index < -0.39 is 23.8 Å². The number of carbonyl (C=O) groups is 2. The monoisotopic (exact) mass is 429 g/mol. The second kappa shape index (κ2) is 9.09. The predicted molar refractivity (Wildman–Crippen MR) is 112 cm³/mol. The van der Waals surface area contributed by atoms with Crippen molar-refractivity contribution in [2.75, 3.05) is 5.32 Å². The van der Waals surface area contributed by atoms with Gasteiger partial charge in [-0.05, 0) is 51.1 Å². The molecular formula is C22H21ClFN3O3. The number of halogens is 2. The molecule has 156 valence electrons. The van der Waals surface area contributed by atoms with Crippen molar-refractivity contribution in [1.29, 1.82) is 0 Å². The van der Waals surface area contributed by atoms with Gasteiger partial charge in [0, 0.05) is 11.3 Å². The van der Waals surface area contributed by atoms with Crippen molar-refractivity contribution in [2.24, 2.45) is 0 Å². The Balaban J connectivity index is 1.65. The number of esters is 1. The fourth-order valence-electron chi connectivity index (χ4n) is 3.01. The zero-order valence-electron chi connectivity index (χ0n) is 16.8. The number of nitrogens with one attached hydrogen (secondary N) is 1. The highest BCUT2D eigenvalue weighted by Gasteiger charge is 2.22. The van der Waals surface area contributed by atoms with E-state index in [-0.39, 0.29) is 17.1 Å². The third-order valence-corrected chi connectivity index (χ3v) is 4.94. The van der Waals surface area contributed by atoms with Crippen LogP contribution < -0.4 is 5.32 Å². The van der Waals surface area contributed by atoms with E-state index in [0.29, 0.717) is 5.69 Å². The number of nitrogens with zero attached hydrogens (tertiary/aromatic N) is 2. The summed E-state index contributed by atoms with van der Waals surface area (Å²) >= 11 is 5.91. The van der Waals surface area contributed by atoms with Gasteiger partial charge < -0.3 is 10.1 Å². The van der Waals surface area contributed by atoms with Crippen molar-refractivity contribution in [3.63, 3.8) is 0 Å². The molecule has 1 aromatic heterocycles. The van der Waals surface area contributed by atoms with E-state index >= 15 is 0 Å². The van der Waals surface area contributed by atoms with Gasteiger partial charge in [0.15, 0.2) is 6.10 Å². The van der Waals surface area contributed by atoms with E-state index in [0.717, 1.165) is 23.0 Å². The number of amides is 1. The van der Waals surface area contributed by atoms with Gasteiger partial charge in [0.1, 0.15) is 5.82 Å². The van der Waals surface area contributed by atoms with Crippen molar-refractivity contribution in [2.45, 2.75) is 33.3 Å². The Hall–Kier alpha value is -3.19. The Morgan fingerprint density at radius 3 is 2.57 bits per heavy atom. The van der Waals surface area contributed by atoms with Crippen LogP contribution in [-0.4, -0.2) is 27.8 Å². The third-order valence-electron chi connectivity index (χ3n) is 4.63. The molecule has 1 N–H and O–H groups in total. The summed E-state index contributed by atoms with van der Waals surface area (Å²) < 4.78 is 20.2. The van der Waals surface area contributed by atoms with Gasteiger partial charge in [-0.3, -0.25) is 9.59 Å². The van der Waals surface area contributed by atoms with Crippen LogP contribution in [0.4, 0.5) is 10.1 Å². The summed E-state index contributed by atoms with van der Waals surface area (Å²) in [4.78, 5) is 24.7. The maximum absolute atomic E-state index is 13.1. The first kappa shape index (κ1) is 21.5. The largest absolute Gasteiger partial charge is 0.452 e. The Morgan fingerprint density at radius 1 is 1.20 bits per heavy atom. The van der Waals surface area contributed by atoms with Crippen LogP contribution >= 0.6 is 11.6 Å². The number of aromatic nitrogens is 2. The number of anilines is 1. The molecule has 3 aromatic rings. The normalized spacial score (nSPS) is 11.8. The molecule has 1 atom stereocenters. The van der Waals surface area contributed by atoms with Gasteiger partial charge >= 0.3 is 5.97 Å². The highest BCUT2D eigenvalue weighted by atomic mass is 35.5. The quantitative estimate of drug-likeness (QED) is 0.589. The van der Waals surface area contributed by atoms with Gasteiger partial charge in [-0.25, -0.2) is 9.07 Å². The summed E-state index contributed by atoms with van der Waals surface area (Å²) in [6, 6.07) is 13.2. The standard InChI is InChI=1S/C22H21ClFN3O3/c1-13-18(14(2)27(26-13)17-7-5-4-6-8-17)12-21(28)30-15(3)22(29)25-20-10-9-16(24)11-19(20)23/h4-11,15H,12H2,1-3H3,(H,25,29). The molecule has 6 nitrogen and oxygen atoms in total. The lowest BCUT2D eigenvalue weighted by Gasteiger charge is -2.14. The van der Waals surface area contributed by atoms with Gasteiger partial charge in [0.25, 0.3) is 5.91 Å². The van der Waals surface area contributed by atoms with Gasteiger partial charge in [-0.2, -0.15) is 5.10 Å². The lowest BCUT2D eigenvalue weighted by molar-refractivity contribution is -0.152. The summed E-state index contributed by atoms with van der Waals surface area (Å²) in [5.41, 5.74) is 3.41. The second-order valence-corrected chi connectivity index (χ2v) is 7.23. The molecule has 30 heavy (non-hydrogen) atoms. The van der Waals surface area contributed by atoms with Crippen LogP contribution in [0.1, 0.15) is 23.9 Å². The van der Waals surface area contributed by atoms with Crippen LogP contribution in [0.5, 0.6) is 0 Å². The SMILES string of the molecule is Cc1nn(-c2ccccc2)c(C)c1CC(=O)OC(C)C(=O)Nc1ccc(F)cc1Cl. The molecule has 0 aliphatic heterocycles.